The molecule has 0 saturated carbocycles. The van der Waals surface area contributed by atoms with Crippen molar-refractivity contribution in [3.63, 3.8) is 0 Å². The van der Waals surface area contributed by atoms with Crippen molar-refractivity contribution in [3.8, 4) is 0 Å². The summed E-state index contributed by atoms with van der Waals surface area (Å²) in [7, 11) is -1.33. The summed E-state index contributed by atoms with van der Waals surface area (Å²) in [6.07, 6.45) is 0. The molecule has 1 aromatic rings. The number of esters is 1. The van der Waals surface area contributed by atoms with Gasteiger partial charge in [-0.3, -0.25) is 4.79 Å². The monoisotopic (exact) mass is 323 g/mol. The molecule has 22 heavy (non-hydrogen) atoms. The van der Waals surface area contributed by atoms with E-state index < -0.39 is 22.6 Å². The highest BCUT2D eigenvalue weighted by Gasteiger charge is 2.59. The lowest BCUT2D eigenvalue weighted by atomic mass is 10.1. The quantitative estimate of drug-likeness (QED) is 0.632. The van der Waals surface area contributed by atoms with Crippen molar-refractivity contribution in [3.05, 3.63) is 29.8 Å². The summed E-state index contributed by atoms with van der Waals surface area (Å²) in [5.74, 6) is -0.0430. The SMILES string of the molecule is Cc1ccc(S(=O)N2[C@H](C(=O)OC(C)(C)C)[C@H]2C(C)C)cc1. The van der Waals surface area contributed by atoms with Crippen molar-refractivity contribution in [1.82, 2.24) is 4.31 Å². The van der Waals surface area contributed by atoms with Crippen LogP contribution in [0.2, 0.25) is 0 Å². The van der Waals surface area contributed by atoms with E-state index in [1.807, 2.05) is 65.8 Å². The van der Waals surface area contributed by atoms with Crippen molar-refractivity contribution in [2.45, 2.75) is 64.1 Å². The van der Waals surface area contributed by atoms with Gasteiger partial charge in [0, 0.05) is 0 Å². The number of carbonyl (C=O) groups excluding carboxylic acids is 1. The zero-order valence-corrected chi connectivity index (χ0v) is 14.9. The van der Waals surface area contributed by atoms with E-state index in [1.165, 1.54) is 0 Å². The van der Waals surface area contributed by atoms with E-state index in [-0.39, 0.29) is 17.9 Å². The Morgan fingerprint density at radius 2 is 1.77 bits per heavy atom. The molecule has 4 atom stereocenters. The van der Waals surface area contributed by atoms with Gasteiger partial charge in [0.05, 0.1) is 10.9 Å². The van der Waals surface area contributed by atoms with Crippen molar-refractivity contribution < 1.29 is 13.7 Å². The third-order valence-electron chi connectivity index (χ3n) is 3.55. The van der Waals surface area contributed by atoms with Crippen LogP contribution in [-0.2, 0) is 20.5 Å². The second kappa shape index (κ2) is 6.13. The van der Waals surface area contributed by atoms with Crippen LogP contribution in [0.1, 0.15) is 40.2 Å². The Morgan fingerprint density at radius 3 is 2.23 bits per heavy atom. The van der Waals surface area contributed by atoms with Gasteiger partial charge in [-0.15, -0.1) is 0 Å². The Kier molecular flexibility index (Phi) is 4.78. The van der Waals surface area contributed by atoms with Crippen molar-refractivity contribution in [2.24, 2.45) is 5.92 Å². The summed E-state index contributed by atoms with van der Waals surface area (Å²) in [6, 6.07) is 7.13. The normalized spacial score (nSPS) is 25.9. The molecule has 2 unspecified atom stereocenters. The minimum Gasteiger partial charge on any atom is -0.459 e. The number of nitrogens with zero attached hydrogens (tertiary/aromatic N) is 1. The number of carbonyl (C=O) groups is 1. The Balaban J connectivity index is 2.17. The van der Waals surface area contributed by atoms with Gasteiger partial charge in [-0.1, -0.05) is 31.5 Å². The third-order valence-corrected chi connectivity index (χ3v) is 5.08. The molecule has 0 bridgehead atoms. The molecule has 1 aliphatic rings. The van der Waals surface area contributed by atoms with Crippen molar-refractivity contribution in [1.29, 1.82) is 0 Å². The molecule has 0 N–H and O–H groups in total. The zero-order valence-electron chi connectivity index (χ0n) is 14.1. The summed E-state index contributed by atoms with van der Waals surface area (Å²) < 4.78 is 20.0. The standard InChI is InChI=1S/C17H25NO3S/c1-11(2)14-15(16(19)21-17(4,5)6)18(14)22(20)13-9-7-12(3)8-10-13/h7-11,14-15H,1-6H3/t14-,15+,18?,22?/m1/s1. The first-order chi connectivity index (χ1) is 10.1. The van der Waals surface area contributed by atoms with Gasteiger partial charge in [-0.2, -0.15) is 4.31 Å². The largest absolute Gasteiger partial charge is 0.459 e. The molecule has 2 rings (SSSR count). The van der Waals surface area contributed by atoms with Crippen LogP contribution in [0.3, 0.4) is 0 Å². The predicted molar refractivity (Wildman–Crippen MR) is 87.7 cm³/mol. The van der Waals surface area contributed by atoms with Gasteiger partial charge in [0.2, 0.25) is 0 Å². The van der Waals surface area contributed by atoms with E-state index in [4.69, 9.17) is 4.74 Å². The van der Waals surface area contributed by atoms with Crippen LogP contribution < -0.4 is 0 Å². The number of ether oxygens (including phenoxy) is 1. The number of rotatable bonds is 4. The average Bonchev–Trinajstić information content (AvgIpc) is 3.12. The lowest BCUT2D eigenvalue weighted by Gasteiger charge is -2.19. The first kappa shape index (κ1) is 17.2. The van der Waals surface area contributed by atoms with Gasteiger partial charge in [0.25, 0.3) is 0 Å². The fraction of sp³-hybridized carbons (Fsp3) is 0.588. The van der Waals surface area contributed by atoms with Crippen LogP contribution in [0.25, 0.3) is 0 Å². The molecule has 1 saturated heterocycles. The Morgan fingerprint density at radius 1 is 1.23 bits per heavy atom. The highest BCUT2D eigenvalue weighted by Crippen LogP contribution is 2.39. The molecule has 4 nitrogen and oxygen atoms in total. The molecule has 0 aromatic heterocycles. The van der Waals surface area contributed by atoms with E-state index in [1.54, 1.807) is 4.31 Å². The number of hydrogen-bond donors (Lipinski definition) is 0. The van der Waals surface area contributed by atoms with Crippen molar-refractivity contribution in [2.75, 3.05) is 0 Å². The Bertz CT molecular complexity index is 575. The minimum atomic E-state index is -1.33. The highest BCUT2D eigenvalue weighted by molar-refractivity contribution is 7.83. The van der Waals surface area contributed by atoms with Gasteiger partial charge in [-0.25, -0.2) is 4.21 Å². The summed E-state index contributed by atoms with van der Waals surface area (Å²) in [4.78, 5) is 13.1. The highest BCUT2D eigenvalue weighted by atomic mass is 32.2. The lowest BCUT2D eigenvalue weighted by molar-refractivity contribution is -0.154. The van der Waals surface area contributed by atoms with Gasteiger partial charge in [-0.05, 0) is 45.7 Å². The van der Waals surface area contributed by atoms with E-state index >= 15 is 0 Å². The molecule has 5 heteroatoms. The molecule has 1 heterocycles. The summed E-state index contributed by atoms with van der Waals surface area (Å²) in [5.41, 5.74) is 0.591. The fourth-order valence-corrected chi connectivity index (χ4v) is 4.04. The molecular formula is C17H25NO3S. The molecule has 0 radical (unpaired) electrons. The lowest BCUT2D eigenvalue weighted by Crippen LogP contribution is -2.29. The Hall–Kier alpha value is -1.20. The summed E-state index contributed by atoms with van der Waals surface area (Å²) in [5, 5.41) is 0. The maximum atomic E-state index is 12.7. The van der Waals surface area contributed by atoms with Crippen molar-refractivity contribution >= 4 is 17.0 Å². The summed E-state index contributed by atoms with van der Waals surface area (Å²) >= 11 is 0. The van der Waals surface area contributed by atoms with E-state index in [0.29, 0.717) is 0 Å². The first-order valence-electron chi connectivity index (χ1n) is 7.61. The second-order valence-electron chi connectivity index (χ2n) is 7.14. The van der Waals surface area contributed by atoms with Gasteiger partial charge in [0.1, 0.15) is 22.6 Å². The average molecular weight is 323 g/mol. The number of hydrogen-bond acceptors (Lipinski definition) is 3. The third kappa shape index (κ3) is 3.76. The summed E-state index contributed by atoms with van der Waals surface area (Å²) in [6.45, 7) is 11.6. The molecule has 0 spiro atoms. The molecule has 122 valence electrons. The molecule has 1 aromatic carbocycles. The van der Waals surface area contributed by atoms with E-state index in [9.17, 15) is 9.00 Å². The number of benzene rings is 1. The molecule has 0 amide bonds. The molecule has 1 fully saturated rings. The second-order valence-corrected chi connectivity index (χ2v) is 8.53. The van der Waals surface area contributed by atoms with Crippen LogP contribution in [0.4, 0.5) is 0 Å². The van der Waals surface area contributed by atoms with Crippen LogP contribution in [-0.4, -0.2) is 32.2 Å². The minimum absolute atomic E-state index is 0.0306. The van der Waals surface area contributed by atoms with Gasteiger partial charge < -0.3 is 4.74 Å². The van der Waals surface area contributed by atoms with Crippen LogP contribution in [0.15, 0.2) is 29.2 Å². The zero-order chi connectivity index (χ0) is 16.7. The van der Waals surface area contributed by atoms with E-state index in [0.717, 1.165) is 10.5 Å². The van der Waals surface area contributed by atoms with E-state index in [2.05, 4.69) is 0 Å². The predicted octanol–water partition coefficient (Wildman–Crippen LogP) is 3.07. The topological polar surface area (TPSA) is 46.4 Å². The van der Waals surface area contributed by atoms with Gasteiger partial charge in [0.15, 0.2) is 0 Å². The number of aryl methyl sites for hydroxylation is 1. The first-order valence-corrected chi connectivity index (χ1v) is 8.72. The van der Waals surface area contributed by atoms with Crippen LogP contribution in [0, 0.1) is 12.8 Å². The van der Waals surface area contributed by atoms with Crippen LogP contribution in [0.5, 0.6) is 0 Å². The molecule has 0 aliphatic carbocycles. The fourth-order valence-electron chi connectivity index (χ4n) is 2.48. The molecular weight excluding hydrogens is 298 g/mol. The molecule has 1 aliphatic heterocycles. The Labute approximate surface area is 135 Å². The maximum absolute atomic E-state index is 12.7. The van der Waals surface area contributed by atoms with Gasteiger partial charge >= 0.3 is 5.97 Å². The maximum Gasteiger partial charge on any atom is 0.326 e. The smallest absolute Gasteiger partial charge is 0.326 e. The van der Waals surface area contributed by atoms with Crippen LogP contribution >= 0.6 is 0 Å².